The van der Waals surface area contributed by atoms with E-state index in [1.54, 1.807) is 0 Å². The molecule has 0 radical (unpaired) electrons. The second-order valence-corrected chi connectivity index (χ2v) is 7.10. The minimum Gasteiger partial charge on any atom is -0.378 e. The van der Waals surface area contributed by atoms with Crippen molar-refractivity contribution in [3.63, 3.8) is 0 Å². The Labute approximate surface area is 113 Å². The predicted octanol–water partition coefficient (Wildman–Crippen LogP) is 1.80. The summed E-state index contributed by atoms with van der Waals surface area (Å²) in [6, 6.07) is 0.263. The normalized spacial score (nSPS) is 29.9. The molecule has 5 heteroatoms. The summed E-state index contributed by atoms with van der Waals surface area (Å²) in [4.78, 5) is 16.2. The van der Waals surface area contributed by atoms with Crippen molar-refractivity contribution in [2.24, 2.45) is 0 Å². The van der Waals surface area contributed by atoms with Gasteiger partial charge in [0.05, 0.1) is 10.9 Å². The minimum atomic E-state index is 0.263. The van der Waals surface area contributed by atoms with Gasteiger partial charge in [0.2, 0.25) is 0 Å². The third kappa shape index (κ3) is 2.23. The van der Waals surface area contributed by atoms with Gasteiger partial charge >= 0.3 is 6.03 Å². The number of nitrogens with zero attached hydrogens (tertiary/aromatic N) is 2. The fraction of sp³-hybridized carbons (Fsp3) is 0.923. The Bertz CT molecular complexity index is 325. The van der Waals surface area contributed by atoms with Crippen LogP contribution in [0.3, 0.4) is 0 Å². The number of thioether (sulfide) groups is 1. The van der Waals surface area contributed by atoms with E-state index < -0.39 is 0 Å². The third-order valence-corrected chi connectivity index (χ3v) is 5.76. The molecule has 3 fully saturated rings. The van der Waals surface area contributed by atoms with Gasteiger partial charge < -0.3 is 14.5 Å². The fourth-order valence-electron chi connectivity index (χ4n) is 3.26. The van der Waals surface area contributed by atoms with Crippen molar-refractivity contribution in [3.05, 3.63) is 0 Å². The summed E-state index contributed by atoms with van der Waals surface area (Å²) >= 11 is 2.01. The minimum absolute atomic E-state index is 0.263. The van der Waals surface area contributed by atoms with Crippen molar-refractivity contribution in [3.8, 4) is 0 Å². The Balaban J connectivity index is 1.49. The maximum absolute atomic E-state index is 12.2. The van der Waals surface area contributed by atoms with Gasteiger partial charge in [0.1, 0.15) is 0 Å². The predicted molar refractivity (Wildman–Crippen MR) is 73.0 cm³/mol. The molecular formula is C13H22N2O2S. The molecular weight excluding hydrogens is 248 g/mol. The van der Waals surface area contributed by atoms with E-state index in [1.165, 1.54) is 12.8 Å². The van der Waals surface area contributed by atoms with E-state index in [0.29, 0.717) is 10.9 Å². The largest absolute Gasteiger partial charge is 0.378 e. The smallest absolute Gasteiger partial charge is 0.320 e. The maximum Gasteiger partial charge on any atom is 0.320 e. The van der Waals surface area contributed by atoms with Gasteiger partial charge in [-0.3, -0.25) is 0 Å². The molecule has 0 unspecified atom stereocenters. The molecule has 0 saturated carbocycles. The van der Waals surface area contributed by atoms with Crippen LogP contribution in [0.15, 0.2) is 0 Å². The van der Waals surface area contributed by atoms with Gasteiger partial charge in [-0.15, -0.1) is 11.8 Å². The van der Waals surface area contributed by atoms with Crippen LogP contribution in [-0.2, 0) is 4.74 Å². The van der Waals surface area contributed by atoms with Crippen LogP contribution in [0.5, 0.6) is 0 Å². The average molecular weight is 270 g/mol. The molecule has 3 rings (SSSR count). The van der Waals surface area contributed by atoms with Crippen molar-refractivity contribution < 1.29 is 9.53 Å². The maximum atomic E-state index is 12.2. The Morgan fingerprint density at radius 2 is 2.06 bits per heavy atom. The number of rotatable bonds is 2. The number of hydrogen-bond acceptors (Lipinski definition) is 3. The zero-order valence-electron chi connectivity index (χ0n) is 11.1. The number of carbonyl (C=O) groups is 1. The zero-order chi connectivity index (χ0) is 12.6. The highest BCUT2D eigenvalue weighted by atomic mass is 32.2. The van der Waals surface area contributed by atoms with Crippen LogP contribution in [0.4, 0.5) is 4.79 Å². The van der Waals surface area contributed by atoms with Crippen LogP contribution < -0.4 is 0 Å². The van der Waals surface area contributed by atoms with Gasteiger partial charge in [-0.2, -0.15) is 0 Å². The number of likely N-dealkylation sites (tertiary alicyclic amines) is 2. The number of hydrogen-bond donors (Lipinski definition) is 0. The van der Waals surface area contributed by atoms with Gasteiger partial charge in [-0.1, -0.05) is 0 Å². The van der Waals surface area contributed by atoms with Crippen LogP contribution >= 0.6 is 11.8 Å². The Kier molecular flexibility index (Phi) is 3.45. The Morgan fingerprint density at radius 3 is 2.72 bits per heavy atom. The summed E-state index contributed by atoms with van der Waals surface area (Å²) < 4.78 is 6.01. The van der Waals surface area contributed by atoms with Crippen LogP contribution in [0.1, 0.15) is 26.2 Å². The number of ether oxygens (including phenoxy) is 1. The summed E-state index contributed by atoms with van der Waals surface area (Å²) in [7, 11) is 0. The van der Waals surface area contributed by atoms with Crippen LogP contribution in [0, 0.1) is 0 Å². The molecule has 3 saturated heterocycles. The van der Waals surface area contributed by atoms with E-state index >= 15 is 0 Å². The summed E-state index contributed by atoms with van der Waals surface area (Å²) in [6.07, 6.45) is 3.87. The molecule has 0 aliphatic carbocycles. The molecule has 0 bridgehead atoms. The van der Waals surface area contributed by atoms with E-state index in [0.717, 1.165) is 45.0 Å². The summed E-state index contributed by atoms with van der Waals surface area (Å²) in [5.41, 5.74) is 0. The molecule has 102 valence electrons. The topological polar surface area (TPSA) is 32.8 Å². The lowest BCUT2D eigenvalue weighted by Gasteiger charge is -2.48. The molecule has 0 N–H and O–H groups in total. The standard InChI is InChI=1S/C13H22N2O2S/c1-2-17-11-7-13(18-8-11)9-15(10-13)12(16)14-5-3-4-6-14/h11H,2-10H2,1H3/t11-/m0/s1. The number of urea groups is 1. The lowest BCUT2D eigenvalue weighted by Crippen LogP contribution is -2.63. The monoisotopic (exact) mass is 270 g/mol. The molecule has 1 atom stereocenters. The van der Waals surface area contributed by atoms with Crippen LogP contribution in [0.2, 0.25) is 0 Å². The van der Waals surface area contributed by atoms with Gasteiger partial charge in [0.15, 0.2) is 0 Å². The second-order valence-electron chi connectivity index (χ2n) is 5.61. The highest BCUT2D eigenvalue weighted by Crippen LogP contribution is 2.46. The first-order valence-electron chi connectivity index (χ1n) is 7.02. The van der Waals surface area contributed by atoms with Gasteiger partial charge in [-0.05, 0) is 26.2 Å². The van der Waals surface area contributed by atoms with Gasteiger partial charge in [-0.25, -0.2) is 4.79 Å². The second kappa shape index (κ2) is 4.93. The van der Waals surface area contributed by atoms with E-state index in [-0.39, 0.29) is 6.03 Å². The fourth-order valence-corrected chi connectivity index (χ4v) is 4.81. The summed E-state index contributed by atoms with van der Waals surface area (Å²) in [6.45, 7) is 6.62. The first kappa shape index (κ1) is 12.6. The van der Waals surface area contributed by atoms with Gasteiger partial charge in [0, 0.05) is 38.5 Å². The molecule has 0 aromatic rings. The molecule has 18 heavy (non-hydrogen) atoms. The molecule has 3 aliphatic rings. The quantitative estimate of drug-likeness (QED) is 0.767. The number of amides is 2. The van der Waals surface area contributed by atoms with Crippen LogP contribution in [0.25, 0.3) is 0 Å². The van der Waals surface area contributed by atoms with Crippen LogP contribution in [-0.4, -0.2) is 65.2 Å². The van der Waals surface area contributed by atoms with E-state index in [1.807, 2.05) is 21.6 Å². The van der Waals surface area contributed by atoms with Crippen molar-refractivity contribution in [2.45, 2.75) is 37.0 Å². The first-order chi connectivity index (χ1) is 8.72. The molecule has 0 aromatic heterocycles. The summed E-state index contributed by atoms with van der Waals surface area (Å²) in [5.74, 6) is 1.10. The average Bonchev–Trinajstić information content (AvgIpc) is 2.95. The molecule has 2 amide bonds. The van der Waals surface area contributed by atoms with Crippen molar-refractivity contribution in [1.82, 2.24) is 9.80 Å². The van der Waals surface area contributed by atoms with Crippen molar-refractivity contribution in [1.29, 1.82) is 0 Å². The molecule has 1 spiro atoms. The first-order valence-corrected chi connectivity index (χ1v) is 8.00. The Hall–Kier alpha value is -0.420. The van der Waals surface area contributed by atoms with E-state index in [4.69, 9.17) is 4.74 Å². The highest BCUT2D eigenvalue weighted by molar-refractivity contribution is 8.01. The Morgan fingerprint density at radius 1 is 1.33 bits per heavy atom. The van der Waals surface area contributed by atoms with Gasteiger partial charge in [0.25, 0.3) is 0 Å². The molecule has 3 heterocycles. The van der Waals surface area contributed by atoms with Crippen molar-refractivity contribution in [2.75, 3.05) is 38.5 Å². The molecule has 3 aliphatic heterocycles. The lowest BCUT2D eigenvalue weighted by molar-refractivity contribution is 0.0481. The SMILES string of the molecule is CCO[C@@H]1CSC2(C1)CN(C(=O)N1CCCC1)C2. The van der Waals surface area contributed by atoms with Crippen molar-refractivity contribution >= 4 is 17.8 Å². The third-order valence-electron chi connectivity index (χ3n) is 4.18. The number of carbonyl (C=O) groups excluding carboxylic acids is 1. The molecule has 0 aromatic carbocycles. The zero-order valence-corrected chi connectivity index (χ0v) is 11.9. The lowest BCUT2D eigenvalue weighted by atomic mass is 9.93. The van der Waals surface area contributed by atoms with E-state index in [9.17, 15) is 4.79 Å². The highest BCUT2D eigenvalue weighted by Gasteiger charge is 2.51. The van der Waals surface area contributed by atoms with E-state index in [2.05, 4.69) is 6.92 Å². The molecule has 4 nitrogen and oxygen atoms in total. The summed E-state index contributed by atoms with van der Waals surface area (Å²) in [5, 5.41) is 0.